The predicted molar refractivity (Wildman–Crippen MR) is 106 cm³/mol. The van der Waals surface area contributed by atoms with Gasteiger partial charge in [0.1, 0.15) is 23.5 Å². The van der Waals surface area contributed by atoms with Crippen LogP contribution in [-0.2, 0) is 9.53 Å². The number of Topliss-reactive ketones (excluding diaryl/α,β-unsaturated/α-hetero) is 1. The van der Waals surface area contributed by atoms with Crippen molar-refractivity contribution in [2.45, 2.75) is 45.5 Å². The first-order chi connectivity index (χ1) is 13.6. The molecule has 158 valence electrons. The quantitative estimate of drug-likeness (QED) is 0.557. The van der Waals surface area contributed by atoms with E-state index in [0.717, 1.165) is 6.08 Å². The van der Waals surface area contributed by atoms with Crippen LogP contribution in [0.3, 0.4) is 0 Å². The van der Waals surface area contributed by atoms with Gasteiger partial charge in [0.05, 0.1) is 6.10 Å². The van der Waals surface area contributed by atoms with Crippen molar-refractivity contribution in [2.75, 3.05) is 11.9 Å². The van der Waals surface area contributed by atoms with Crippen LogP contribution in [0.2, 0.25) is 0 Å². The van der Waals surface area contributed by atoms with Gasteiger partial charge < -0.3 is 25.4 Å². The maximum atomic E-state index is 14.1. The molecule has 0 aromatic heterocycles. The summed E-state index contributed by atoms with van der Waals surface area (Å²) < 4.78 is 19.5. The first kappa shape index (κ1) is 22.6. The number of esters is 1. The first-order valence-electron chi connectivity index (χ1n) is 9.41. The van der Waals surface area contributed by atoms with E-state index in [-0.39, 0.29) is 17.7 Å². The lowest BCUT2D eigenvalue weighted by molar-refractivity contribution is -0.130. The summed E-state index contributed by atoms with van der Waals surface area (Å²) in [6.45, 7) is 5.52. The minimum Gasteiger partial charge on any atom is -0.507 e. The summed E-state index contributed by atoms with van der Waals surface area (Å²) >= 11 is 0. The molecule has 0 radical (unpaired) electrons. The van der Waals surface area contributed by atoms with Crippen LogP contribution in [0.5, 0.6) is 5.75 Å². The molecule has 1 aromatic carbocycles. The molecule has 0 spiro atoms. The minimum atomic E-state index is -1.93. The third-order valence-electron chi connectivity index (χ3n) is 4.72. The van der Waals surface area contributed by atoms with E-state index in [9.17, 15) is 29.3 Å². The number of halogens is 1. The number of carbonyl (C=O) groups is 2. The molecule has 0 unspecified atom stereocenters. The average Bonchev–Trinajstić information content (AvgIpc) is 2.65. The number of carbonyl (C=O) groups excluding carboxylic acids is 2. The number of fused-ring (bicyclic) bond motifs is 1. The molecule has 0 saturated heterocycles. The number of aromatic hydroxyl groups is 1. The van der Waals surface area contributed by atoms with Gasteiger partial charge in [0.2, 0.25) is 5.78 Å². The van der Waals surface area contributed by atoms with Crippen LogP contribution in [0.1, 0.15) is 43.1 Å². The summed E-state index contributed by atoms with van der Waals surface area (Å²) in [7, 11) is 0. The normalized spacial score (nSPS) is 29.1. The molecular weight excluding hydrogens is 381 g/mol. The number of phenolic OH excluding ortho intramolecular Hbond substituents is 1. The molecule has 2 rings (SSSR count). The SMILES string of the molecule is CCNc1cc(O)c2c(c1)/C=C/C[C@H](O)[C@H](O)C(=O)/C(F)=C\[C@H](C)[C@H](C)OC2=O. The van der Waals surface area contributed by atoms with E-state index in [1.807, 2.05) is 6.92 Å². The van der Waals surface area contributed by atoms with Gasteiger partial charge in [0.25, 0.3) is 0 Å². The zero-order valence-corrected chi connectivity index (χ0v) is 16.6. The molecule has 0 saturated carbocycles. The van der Waals surface area contributed by atoms with Gasteiger partial charge in [-0.3, -0.25) is 4.79 Å². The van der Waals surface area contributed by atoms with E-state index in [2.05, 4.69) is 5.32 Å². The molecule has 0 fully saturated rings. The Morgan fingerprint density at radius 3 is 2.59 bits per heavy atom. The van der Waals surface area contributed by atoms with Gasteiger partial charge in [-0.15, -0.1) is 0 Å². The van der Waals surface area contributed by atoms with Crippen LogP contribution in [0.15, 0.2) is 30.1 Å². The standard InChI is InChI=1S/C21H26FNO6/c1-4-23-14-9-13-6-5-7-16(24)20(27)19(26)15(22)8-11(2)12(3)29-21(28)18(13)17(25)10-14/h5-6,8-12,16,20,23-25,27H,4,7H2,1-3H3/b6-5+,15-8+/t11-,12-,16-,20-/m0/s1. The average molecular weight is 407 g/mol. The Hall–Kier alpha value is -2.71. The number of hydrogen-bond acceptors (Lipinski definition) is 7. The number of hydrogen-bond donors (Lipinski definition) is 4. The fraction of sp³-hybridized carbons (Fsp3) is 0.429. The topological polar surface area (TPSA) is 116 Å². The second-order valence-corrected chi connectivity index (χ2v) is 6.99. The van der Waals surface area contributed by atoms with Gasteiger partial charge in [-0.2, -0.15) is 0 Å². The highest BCUT2D eigenvalue weighted by atomic mass is 19.1. The maximum absolute atomic E-state index is 14.1. The highest BCUT2D eigenvalue weighted by molar-refractivity contribution is 5.98. The van der Waals surface area contributed by atoms with Gasteiger partial charge >= 0.3 is 5.97 Å². The lowest BCUT2D eigenvalue weighted by Gasteiger charge is -2.21. The number of phenols is 1. The molecule has 4 N–H and O–H groups in total. The molecule has 4 atom stereocenters. The number of ketones is 1. The van der Waals surface area contributed by atoms with Crippen LogP contribution in [0, 0.1) is 5.92 Å². The fourth-order valence-corrected chi connectivity index (χ4v) is 2.87. The summed E-state index contributed by atoms with van der Waals surface area (Å²) in [6.07, 6.45) is -0.638. The van der Waals surface area contributed by atoms with E-state index in [1.165, 1.54) is 32.1 Å². The highest BCUT2D eigenvalue weighted by Gasteiger charge is 2.29. The Bertz CT molecular complexity index is 835. The molecule has 29 heavy (non-hydrogen) atoms. The number of ether oxygens (including phenoxy) is 1. The Labute approximate surface area is 168 Å². The van der Waals surface area contributed by atoms with Crippen molar-refractivity contribution in [2.24, 2.45) is 5.92 Å². The monoisotopic (exact) mass is 407 g/mol. The Morgan fingerprint density at radius 2 is 1.93 bits per heavy atom. The van der Waals surface area contributed by atoms with Gasteiger partial charge in [0.15, 0.2) is 5.83 Å². The first-order valence-corrected chi connectivity index (χ1v) is 9.41. The lowest BCUT2D eigenvalue weighted by Crippen LogP contribution is -2.34. The molecule has 0 amide bonds. The minimum absolute atomic E-state index is 0.0745. The van der Waals surface area contributed by atoms with E-state index in [0.29, 0.717) is 17.8 Å². The summed E-state index contributed by atoms with van der Waals surface area (Å²) in [5, 5.41) is 33.4. The number of aliphatic hydroxyl groups excluding tert-OH is 2. The molecular formula is C21H26FNO6. The van der Waals surface area contributed by atoms with Crippen LogP contribution in [-0.4, -0.2) is 51.9 Å². The summed E-state index contributed by atoms with van der Waals surface area (Å²) in [4.78, 5) is 24.7. The number of anilines is 1. The second kappa shape index (κ2) is 9.67. The van der Waals surface area contributed by atoms with Crippen LogP contribution < -0.4 is 5.32 Å². The number of aliphatic hydroxyl groups is 2. The predicted octanol–water partition coefficient (Wildman–Crippen LogP) is 2.57. The highest BCUT2D eigenvalue weighted by Crippen LogP contribution is 2.30. The third-order valence-corrected chi connectivity index (χ3v) is 4.72. The summed E-state index contributed by atoms with van der Waals surface area (Å²) in [5.41, 5.74) is 0.830. The van der Waals surface area contributed by atoms with Crippen molar-refractivity contribution in [3.8, 4) is 5.75 Å². The van der Waals surface area contributed by atoms with Crippen molar-refractivity contribution < 1.29 is 34.0 Å². The smallest absolute Gasteiger partial charge is 0.342 e. The van der Waals surface area contributed by atoms with Gasteiger partial charge in [0, 0.05) is 24.2 Å². The van der Waals surface area contributed by atoms with Crippen LogP contribution in [0.25, 0.3) is 6.08 Å². The fourth-order valence-electron chi connectivity index (χ4n) is 2.87. The van der Waals surface area contributed by atoms with Crippen molar-refractivity contribution in [1.29, 1.82) is 0 Å². The number of cyclic esters (lactones) is 1. The van der Waals surface area contributed by atoms with Gasteiger partial charge in [-0.25, -0.2) is 9.18 Å². The molecule has 0 bridgehead atoms. The summed E-state index contributed by atoms with van der Waals surface area (Å²) in [6, 6.07) is 3.02. The molecule has 1 aliphatic heterocycles. The molecule has 1 aromatic rings. The number of rotatable bonds is 2. The number of benzene rings is 1. The molecule has 1 heterocycles. The zero-order chi connectivity index (χ0) is 21.7. The van der Waals surface area contributed by atoms with Crippen molar-refractivity contribution in [3.63, 3.8) is 0 Å². The molecule has 1 aliphatic rings. The zero-order valence-electron chi connectivity index (χ0n) is 16.6. The molecule has 7 nitrogen and oxygen atoms in total. The molecule has 8 heteroatoms. The maximum Gasteiger partial charge on any atom is 0.342 e. The largest absolute Gasteiger partial charge is 0.507 e. The Kier molecular flexibility index (Phi) is 7.53. The second-order valence-electron chi connectivity index (χ2n) is 6.99. The Balaban J connectivity index is 2.53. The van der Waals surface area contributed by atoms with Crippen molar-refractivity contribution in [1.82, 2.24) is 0 Å². The van der Waals surface area contributed by atoms with E-state index in [1.54, 1.807) is 6.07 Å². The van der Waals surface area contributed by atoms with Crippen molar-refractivity contribution in [3.05, 3.63) is 41.2 Å². The van der Waals surface area contributed by atoms with Gasteiger partial charge in [-0.05, 0) is 38.0 Å². The summed E-state index contributed by atoms with van der Waals surface area (Å²) in [5.74, 6) is -4.25. The Morgan fingerprint density at radius 1 is 1.24 bits per heavy atom. The van der Waals surface area contributed by atoms with E-state index < -0.39 is 41.8 Å². The van der Waals surface area contributed by atoms with Crippen LogP contribution in [0.4, 0.5) is 10.1 Å². The van der Waals surface area contributed by atoms with Crippen molar-refractivity contribution >= 4 is 23.5 Å². The van der Waals surface area contributed by atoms with E-state index >= 15 is 0 Å². The molecule has 0 aliphatic carbocycles. The van der Waals surface area contributed by atoms with E-state index in [4.69, 9.17) is 4.74 Å². The lowest BCUT2D eigenvalue weighted by atomic mass is 9.99. The number of nitrogens with one attached hydrogen (secondary N) is 1. The van der Waals surface area contributed by atoms with Gasteiger partial charge in [-0.1, -0.05) is 19.1 Å². The van der Waals surface area contributed by atoms with Crippen LogP contribution >= 0.6 is 0 Å². The third kappa shape index (κ3) is 5.42.